The number of halogens is 1. The number of aromatic nitrogens is 2. The fraction of sp³-hybridized carbons (Fsp3) is 0. The molecule has 0 aliphatic rings. The number of fused-ring (bicyclic) bond motifs is 1. The van der Waals surface area contributed by atoms with Gasteiger partial charge in [0.1, 0.15) is 17.0 Å². The molecule has 0 fully saturated rings. The first-order chi connectivity index (χ1) is 11.3. The fourth-order valence-electron chi connectivity index (χ4n) is 2.50. The molecule has 0 atom stereocenters. The van der Waals surface area contributed by atoms with Crippen molar-refractivity contribution in [3.8, 4) is 11.1 Å². The third kappa shape index (κ3) is 2.85. The lowest BCUT2D eigenvalue weighted by molar-refractivity contribution is 1.23. The molecule has 0 saturated carbocycles. The topological polar surface area (TPSA) is 37.8 Å². The maximum Gasteiger partial charge on any atom is 0.143 e. The molecule has 2 aromatic heterocycles. The molecular formula is C18H12BrN3S. The van der Waals surface area contributed by atoms with Crippen LogP contribution in [0.15, 0.2) is 70.8 Å². The molecule has 0 bridgehead atoms. The standard InChI is InChI=1S/C18H12BrN3S/c19-13-7-4-8-14(9-13)22-17-16-15(12-5-2-1-3-6-12)10-23-18(16)21-11-20-17/h1-11H,(H,20,21,22). The van der Waals surface area contributed by atoms with E-state index in [0.29, 0.717) is 0 Å². The summed E-state index contributed by atoms with van der Waals surface area (Å²) < 4.78 is 1.03. The van der Waals surface area contributed by atoms with Crippen LogP contribution in [0, 0.1) is 0 Å². The fourth-order valence-corrected chi connectivity index (χ4v) is 3.82. The van der Waals surface area contributed by atoms with Gasteiger partial charge < -0.3 is 5.32 Å². The maximum absolute atomic E-state index is 4.46. The minimum atomic E-state index is 0.827. The number of nitrogens with zero attached hydrogens (tertiary/aromatic N) is 2. The second-order valence-electron chi connectivity index (χ2n) is 5.05. The Kier molecular flexibility index (Phi) is 3.81. The summed E-state index contributed by atoms with van der Waals surface area (Å²) in [6, 6.07) is 18.4. The van der Waals surface area contributed by atoms with Crippen molar-refractivity contribution in [2.75, 3.05) is 5.32 Å². The third-order valence-electron chi connectivity index (χ3n) is 3.54. The molecule has 4 aromatic rings. The normalized spacial score (nSPS) is 10.8. The molecule has 0 aliphatic heterocycles. The van der Waals surface area contributed by atoms with Crippen molar-refractivity contribution in [2.45, 2.75) is 0 Å². The van der Waals surface area contributed by atoms with E-state index in [1.807, 2.05) is 42.5 Å². The highest BCUT2D eigenvalue weighted by Crippen LogP contribution is 2.37. The molecule has 0 amide bonds. The van der Waals surface area contributed by atoms with Crippen LogP contribution >= 0.6 is 27.3 Å². The Bertz CT molecular complexity index is 966. The predicted octanol–water partition coefficient (Wildman–Crippen LogP) is 5.86. The van der Waals surface area contributed by atoms with Crippen molar-refractivity contribution in [2.24, 2.45) is 0 Å². The van der Waals surface area contributed by atoms with Gasteiger partial charge in [0.05, 0.1) is 5.39 Å². The summed E-state index contributed by atoms with van der Waals surface area (Å²) in [4.78, 5) is 9.85. The largest absolute Gasteiger partial charge is 0.340 e. The second kappa shape index (κ2) is 6.10. The van der Waals surface area contributed by atoms with E-state index in [1.54, 1.807) is 17.7 Å². The van der Waals surface area contributed by atoms with Gasteiger partial charge in [0, 0.05) is 21.1 Å². The molecule has 4 rings (SSSR count). The smallest absolute Gasteiger partial charge is 0.143 e. The number of hydrogen-bond acceptors (Lipinski definition) is 4. The Morgan fingerprint density at radius 2 is 1.83 bits per heavy atom. The van der Waals surface area contributed by atoms with Crippen molar-refractivity contribution < 1.29 is 0 Å². The van der Waals surface area contributed by atoms with Crippen LogP contribution < -0.4 is 5.32 Å². The van der Waals surface area contributed by atoms with Crippen molar-refractivity contribution >= 4 is 49.0 Å². The number of anilines is 2. The molecule has 112 valence electrons. The van der Waals surface area contributed by atoms with Crippen LogP contribution in [0.25, 0.3) is 21.3 Å². The van der Waals surface area contributed by atoms with Crippen LogP contribution in [0.3, 0.4) is 0 Å². The van der Waals surface area contributed by atoms with Gasteiger partial charge >= 0.3 is 0 Å². The maximum atomic E-state index is 4.46. The van der Waals surface area contributed by atoms with Crippen LogP contribution in [-0.4, -0.2) is 9.97 Å². The Morgan fingerprint density at radius 3 is 2.65 bits per heavy atom. The van der Waals surface area contributed by atoms with Crippen LogP contribution in [-0.2, 0) is 0 Å². The number of benzene rings is 2. The van der Waals surface area contributed by atoms with Gasteiger partial charge in [0.2, 0.25) is 0 Å². The van der Waals surface area contributed by atoms with Gasteiger partial charge in [-0.05, 0) is 23.8 Å². The second-order valence-corrected chi connectivity index (χ2v) is 6.83. The summed E-state index contributed by atoms with van der Waals surface area (Å²) >= 11 is 5.13. The minimum absolute atomic E-state index is 0.827. The summed E-state index contributed by atoms with van der Waals surface area (Å²) in [5.41, 5.74) is 3.32. The quantitative estimate of drug-likeness (QED) is 0.482. The predicted molar refractivity (Wildman–Crippen MR) is 100 cm³/mol. The summed E-state index contributed by atoms with van der Waals surface area (Å²) in [6.07, 6.45) is 1.61. The summed E-state index contributed by atoms with van der Waals surface area (Å²) in [7, 11) is 0. The van der Waals surface area contributed by atoms with E-state index in [-0.39, 0.29) is 0 Å². The first-order valence-electron chi connectivity index (χ1n) is 7.11. The number of thiophene rings is 1. The Labute approximate surface area is 146 Å². The van der Waals surface area contributed by atoms with Gasteiger partial charge in [-0.3, -0.25) is 0 Å². The van der Waals surface area contributed by atoms with Crippen LogP contribution in [0.5, 0.6) is 0 Å². The van der Waals surface area contributed by atoms with E-state index in [0.717, 1.165) is 31.8 Å². The lowest BCUT2D eigenvalue weighted by Gasteiger charge is -2.08. The molecule has 5 heteroatoms. The van der Waals surface area contributed by atoms with Gasteiger partial charge in [0.25, 0.3) is 0 Å². The molecule has 0 spiro atoms. The van der Waals surface area contributed by atoms with Crippen molar-refractivity contribution in [3.63, 3.8) is 0 Å². The van der Waals surface area contributed by atoms with Gasteiger partial charge in [-0.25, -0.2) is 9.97 Å². The van der Waals surface area contributed by atoms with Crippen molar-refractivity contribution in [1.82, 2.24) is 9.97 Å². The monoisotopic (exact) mass is 381 g/mol. The molecular weight excluding hydrogens is 370 g/mol. The minimum Gasteiger partial charge on any atom is -0.340 e. The van der Waals surface area contributed by atoms with Gasteiger partial charge in [-0.15, -0.1) is 11.3 Å². The van der Waals surface area contributed by atoms with Gasteiger partial charge in [0.15, 0.2) is 0 Å². The zero-order valence-electron chi connectivity index (χ0n) is 12.0. The lowest BCUT2D eigenvalue weighted by atomic mass is 10.1. The highest BCUT2D eigenvalue weighted by Gasteiger charge is 2.13. The summed E-state index contributed by atoms with van der Waals surface area (Å²) in [5.74, 6) is 0.827. The molecule has 2 aromatic carbocycles. The number of rotatable bonds is 3. The third-order valence-corrected chi connectivity index (χ3v) is 4.92. The summed E-state index contributed by atoms with van der Waals surface area (Å²) in [5, 5.41) is 6.61. The highest BCUT2D eigenvalue weighted by atomic mass is 79.9. The number of hydrogen-bond donors (Lipinski definition) is 1. The average molecular weight is 382 g/mol. The highest BCUT2D eigenvalue weighted by molar-refractivity contribution is 9.10. The Hall–Kier alpha value is -2.24. The molecule has 2 heterocycles. The van der Waals surface area contributed by atoms with E-state index in [1.165, 1.54) is 5.56 Å². The summed E-state index contributed by atoms with van der Waals surface area (Å²) in [6.45, 7) is 0. The van der Waals surface area contributed by atoms with Gasteiger partial charge in [-0.1, -0.05) is 52.3 Å². The van der Waals surface area contributed by atoms with E-state index in [4.69, 9.17) is 0 Å². The molecule has 0 radical (unpaired) electrons. The molecule has 1 N–H and O–H groups in total. The average Bonchev–Trinajstić information content (AvgIpc) is 3.01. The van der Waals surface area contributed by atoms with Gasteiger partial charge in [-0.2, -0.15) is 0 Å². The van der Waals surface area contributed by atoms with E-state index >= 15 is 0 Å². The first-order valence-corrected chi connectivity index (χ1v) is 8.79. The molecule has 0 unspecified atom stereocenters. The first kappa shape index (κ1) is 14.4. The number of nitrogens with one attached hydrogen (secondary N) is 1. The van der Waals surface area contributed by atoms with Crippen LogP contribution in [0.2, 0.25) is 0 Å². The molecule has 0 saturated heterocycles. The van der Waals surface area contributed by atoms with Crippen LogP contribution in [0.1, 0.15) is 0 Å². The van der Waals surface area contributed by atoms with E-state index < -0.39 is 0 Å². The van der Waals surface area contributed by atoms with Crippen molar-refractivity contribution in [3.05, 3.63) is 70.8 Å². The Balaban J connectivity index is 1.85. The molecule has 23 heavy (non-hydrogen) atoms. The van der Waals surface area contributed by atoms with Crippen molar-refractivity contribution in [1.29, 1.82) is 0 Å². The molecule has 3 nitrogen and oxygen atoms in total. The van der Waals surface area contributed by atoms with E-state index in [2.05, 4.69) is 48.7 Å². The molecule has 0 aliphatic carbocycles. The Morgan fingerprint density at radius 1 is 0.957 bits per heavy atom. The van der Waals surface area contributed by atoms with Crippen LogP contribution in [0.4, 0.5) is 11.5 Å². The lowest BCUT2D eigenvalue weighted by Crippen LogP contribution is -1.95. The van der Waals surface area contributed by atoms with E-state index in [9.17, 15) is 0 Å². The zero-order valence-corrected chi connectivity index (χ0v) is 14.4. The zero-order chi connectivity index (χ0) is 15.6. The SMILES string of the molecule is Brc1cccc(Nc2ncnc3scc(-c4ccccc4)c23)c1.